The van der Waals surface area contributed by atoms with Crippen molar-refractivity contribution in [1.82, 2.24) is 0 Å². The summed E-state index contributed by atoms with van der Waals surface area (Å²) in [6.45, 7) is 0. The molecule has 2 rings (SSSR count). The SMILES string of the molecule is N[C@@H]1CCCC[C@@H]1OC1CCCC1. The van der Waals surface area contributed by atoms with Gasteiger partial charge in [0.05, 0.1) is 12.2 Å². The Labute approximate surface area is 80.8 Å². The molecule has 0 spiro atoms. The quantitative estimate of drug-likeness (QED) is 0.712. The van der Waals surface area contributed by atoms with Crippen LogP contribution in [0, 0.1) is 0 Å². The van der Waals surface area contributed by atoms with Crippen LogP contribution in [0.2, 0.25) is 0 Å². The lowest BCUT2D eigenvalue weighted by Crippen LogP contribution is -2.41. The van der Waals surface area contributed by atoms with Gasteiger partial charge in [0.1, 0.15) is 0 Å². The largest absolute Gasteiger partial charge is 0.373 e. The van der Waals surface area contributed by atoms with Gasteiger partial charge in [-0.05, 0) is 25.7 Å². The number of rotatable bonds is 2. The molecule has 2 saturated carbocycles. The zero-order valence-corrected chi connectivity index (χ0v) is 8.37. The second-order valence-corrected chi connectivity index (χ2v) is 4.53. The minimum absolute atomic E-state index is 0.314. The zero-order chi connectivity index (χ0) is 9.10. The van der Waals surface area contributed by atoms with Gasteiger partial charge in [-0.1, -0.05) is 25.7 Å². The van der Waals surface area contributed by atoms with E-state index in [1.165, 1.54) is 44.9 Å². The van der Waals surface area contributed by atoms with E-state index < -0.39 is 0 Å². The van der Waals surface area contributed by atoms with E-state index in [1.54, 1.807) is 0 Å². The van der Waals surface area contributed by atoms with Crippen molar-refractivity contribution in [2.24, 2.45) is 5.73 Å². The average Bonchev–Trinajstić information content (AvgIpc) is 2.61. The van der Waals surface area contributed by atoms with Gasteiger partial charge in [0, 0.05) is 6.04 Å². The van der Waals surface area contributed by atoms with Crippen molar-refractivity contribution in [3.8, 4) is 0 Å². The molecule has 0 bridgehead atoms. The highest BCUT2D eigenvalue weighted by Gasteiger charge is 2.26. The van der Waals surface area contributed by atoms with Crippen molar-refractivity contribution < 1.29 is 4.74 Å². The maximum Gasteiger partial charge on any atom is 0.0729 e. The second-order valence-electron chi connectivity index (χ2n) is 4.53. The molecule has 0 radical (unpaired) electrons. The lowest BCUT2D eigenvalue weighted by Gasteiger charge is -2.30. The molecule has 2 atom stereocenters. The third-order valence-corrected chi connectivity index (χ3v) is 3.42. The van der Waals surface area contributed by atoms with Crippen molar-refractivity contribution in [1.29, 1.82) is 0 Å². The summed E-state index contributed by atoms with van der Waals surface area (Å²) < 4.78 is 6.04. The topological polar surface area (TPSA) is 35.2 Å². The number of nitrogens with two attached hydrogens (primary N) is 1. The predicted molar refractivity (Wildman–Crippen MR) is 53.6 cm³/mol. The third kappa shape index (κ3) is 2.44. The summed E-state index contributed by atoms with van der Waals surface area (Å²) in [6.07, 6.45) is 11.1. The minimum atomic E-state index is 0.314. The fraction of sp³-hybridized carbons (Fsp3) is 1.00. The fourth-order valence-electron chi connectivity index (χ4n) is 2.57. The first-order valence-electron chi connectivity index (χ1n) is 5.77. The van der Waals surface area contributed by atoms with Crippen LogP contribution in [0.25, 0.3) is 0 Å². The maximum atomic E-state index is 6.04. The van der Waals surface area contributed by atoms with Gasteiger partial charge < -0.3 is 10.5 Å². The van der Waals surface area contributed by atoms with E-state index in [0.717, 1.165) is 6.42 Å². The molecule has 2 nitrogen and oxygen atoms in total. The van der Waals surface area contributed by atoms with Gasteiger partial charge in [-0.3, -0.25) is 0 Å². The Morgan fingerprint density at radius 3 is 2.15 bits per heavy atom. The molecular weight excluding hydrogens is 162 g/mol. The van der Waals surface area contributed by atoms with Crippen LogP contribution in [-0.2, 0) is 4.74 Å². The van der Waals surface area contributed by atoms with Gasteiger partial charge in [-0.15, -0.1) is 0 Å². The predicted octanol–water partition coefficient (Wildman–Crippen LogP) is 2.22. The summed E-state index contributed by atoms with van der Waals surface area (Å²) in [5.41, 5.74) is 6.03. The van der Waals surface area contributed by atoms with Crippen molar-refractivity contribution in [2.45, 2.75) is 69.6 Å². The monoisotopic (exact) mass is 183 g/mol. The van der Waals surface area contributed by atoms with Crippen LogP contribution in [0.5, 0.6) is 0 Å². The first-order chi connectivity index (χ1) is 6.36. The van der Waals surface area contributed by atoms with Crippen LogP contribution >= 0.6 is 0 Å². The van der Waals surface area contributed by atoms with Gasteiger partial charge in [-0.25, -0.2) is 0 Å². The molecule has 2 aliphatic rings. The average molecular weight is 183 g/mol. The van der Waals surface area contributed by atoms with Crippen LogP contribution in [0.1, 0.15) is 51.4 Å². The van der Waals surface area contributed by atoms with Crippen LogP contribution in [0.4, 0.5) is 0 Å². The number of hydrogen-bond donors (Lipinski definition) is 1. The summed E-state index contributed by atoms with van der Waals surface area (Å²) in [6, 6.07) is 0.314. The highest BCUT2D eigenvalue weighted by atomic mass is 16.5. The number of ether oxygens (including phenoxy) is 1. The summed E-state index contributed by atoms with van der Waals surface area (Å²) in [7, 11) is 0. The molecule has 0 saturated heterocycles. The molecule has 0 aromatic heterocycles. The molecule has 2 fully saturated rings. The first-order valence-corrected chi connectivity index (χ1v) is 5.77. The summed E-state index contributed by atoms with van der Waals surface area (Å²) in [4.78, 5) is 0. The Morgan fingerprint density at radius 2 is 1.46 bits per heavy atom. The van der Waals surface area contributed by atoms with E-state index in [0.29, 0.717) is 18.2 Å². The normalized spacial score (nSPS) is 36.7. The zero-order valence-electron chi connectivity index (χ0n) is 8.37. The van der Waals surface area contributed by atoms with Gasteiger partial charge in [-0.2, -0.15) is 0 Å². The second kappa shape index (κ2) is 4.43. The standard InChI is InChI=1S/C11H21NO/c12-10-7-3-4-8-11(10)13-9-5-1-2-6-9/h9-11H,1-8,12H2/t10-,11+/m1/s1. The highest BCUT2D eigenvalue weighted by Crippen LogP contribution is 2.27. The Balaban J connectivity index is 1.78. The van der Waals surface area contributed by atoms with Gasteiger partial charge >= 0.3 is 0 Å². The van der Waals surface area contributed by atoms with E-state index in [9.17, 15) is 0 Å². The van der Waals surface area contributed by atoms with E-state index >= 15 is 0 Å². The molecule has 0 aliphatic heterocycles. The molecule has 13 heavy (non-hydrogen) atoms. The van der Waals surface area contributed by atoms with E-state index in [4.69, 9.17) is 10.5 Å². The van der Waals surface area contributed by atoms with Gasteiger partial charge in [0.15, 0.2) is 0 Å². The molecule has 0 heterocycles. The molecule has 0 aromatic carbocycles. The lowest BCUT2D eigenvalue weighted by atomic mass is 9.93. The van der Waals surface area contributed by atoms with Crippen molar-refractivity contribution in [3.05, 3.63) is 0 Å². The van der Waals surface area contributed by atoms with Gasteiger partial charge in [0.2, 0.25) is 0 Å². The Kier molecular flexibility index (Phi) is 3.23. The van der Waals surface area contributed by atoms with Crippen molar-refractivity contribution >= 4 is 0 Å². The van der Waals surface area contributed by atoms with Crippen LogP contribution in [-0.4, -0.2) is 18.2 Å². The molecule has 0 aromatic rings. The summed E-state index contributed by atoms with van der Waals surface area (Å²) >= 11 is 0. The molecule has 2 N–H and O–H groups in total. The Morgan fingerprint density at radius 1 is 0.846 bits per heavy atom. The third-order valence-electron chi connectivity index (χ3n) is 3.42. The minimum Gasteiger partial charge on any atom is -0.373 e. The molecule has 0 unspecified atom stereocenters. The molecule has 0 amide bonds. The number of hydrogen-bond acceptors (Lipinski definition) is 2. The first kappa shape index (κ1) is 9.47. The van der Waals surface area contributed by atoms with Crippen molar-refractivity contribution in [2.75, 3.05) is 0 Å². The van der Waals surface area contributed by atoms with Crippen molar-refractivity contribution in [3.63, 3.8) is 0 Å². The van der Waals surface area contributed by atoms with Crippen LogP contribution in [0.3, 0.4) is 0 Å². The Hall–Kier alpha value is -0.0800. The van der Waals surface area contributed by atoms with E-state index in [1.807, 2.05) is 0 Å². The van der Waals surface area contributed by atoms with Crippen LogP contribution < -0.4 is 5.73 Å². The lowest BCUT2D eigenvalue weighted by molar-refractivity contribution is -0.0359. The fourth-order valence-corrected chi connectivity index (χ4v) is 2.57. The highest BCUT2D eigenvalue weighted by molar-refractivity contribution is 4.80. The molecule has 2 heteroatoms. The molecular formula is C11H21NO. The maximum absolute atomic E-state index is 6.04. The van der Waals surface area contributed by atoms with Gasteiger partial charge in [0.25, 0.3) is 0 Å². The summed E-state index contributed by atoms with van der Waals surface area (Å²) in [5, 5.41) is 0. The smallest absolute Gasteiger partial charge is 0.0729 e. The molecule has 76 valence electrons. The van der Waals surface area contributed by atoms with E-state index in [2.05, 4.69) is 0 Å². The molecule has 2 aliphatic carbocycles. The van der Waals surface area contributed by atoms with E-state index in [-0.39, 0.29) is 0 Å². The summed E-state index contributed by atoms with van der Waals surface area (Å²) in [5.74, 6) is 0. The van der Waals surface area contributed by atoms with Crippen LogP contribution in [0.15, 0.2) is 0 Å². The Bertz CT molecular complexity index is 154.